The lowest BCUT2D eigenvalue weighted by Gasteiger charge is -2.20. The summed E-state index contributed by atoms with van der Waals surface area (Å²) in [4.78, 5) is 48.7. The first-order chi connectivity index (χ1) is 15.9. The summed E-state index contributed by atoms with van der Waals surface area (Å²) in [5.41, 5.74) is -2.84. The molecule has 4 N–H and O–H groups in total. The highest BCUT2D eigenvalue weighted by Gasteiger charge is 2.35. The highest BCUT2D eigenvalue weighted by atomic mass is 16.4. The van der Waals surface area contributed by atoms with Gasteiger partial charge >= 0.3 is 23.9 Å². The van der Waals surface area contributed by atoms with Crippen LogP contribution in [0.15, 0.2) is 0 Å². The summed E-state index contributed by atoms with van der Waals surface area (Å²) in [6, 6.07) is 0. The quantitative estimate of drug-likeness (QED) is 0.211. The van der Waals surface area contributed by atoms with Gasteiger partial charge in [0.25, 0.3) is 0 Å². The first-order valence-corrected chi connectivity index (χ1v) is 12.0. The van der Waals surface area contributed by atoms with Crippen LogP contribution in [0.5, 0.6) is 0 Å². The van der Waals surface area contributed by atoms with Crippen LogP contribution < -0.4 is 0 Å². The van der Waals surface area contributed by atoms with E-state index >= 15 is 0 Å². The van der Waals surface area contributed by atoms with Gasteiger partial charge in [-0.3, -0.25) is 0 Å². The number of carbonyl (C=O) groups is 4. The fourth-order valence-electron chi connectivity index (χ4n) is 4.36. The highest BCUT2D eigenvalue weighted by Crippen LogP contribution is 2.32. The standard InChI is InChI=1S/C26H38O8/c1-15(2)11-7-5-9-13-17-19(23(27)28)21(25(31)32)18(14-10-6-8-12-16(3)4)22(26(33)34)20(17)24(29)30/h15-16H,5-14H2,1-4H3,(H,27,28)(H,29,30)(H,31,32)(H,33,34). The van der Waals surface area contributed by atoms with Crippen molar-refractivity contribution in [3.63, 3.8) is 0 Å². The van der Waals surface area contributed by atoms with Crippen molar-refractivity contribution in [1.29, 1.82) is 0 Å². The number of carboxylic acids is 4. The molecule has 1 aromatic carbocycles. The van der Waals surface area contributed by atoms with E-state index in [0.717, 1.165) is 25.7 Å². The first kappa shape index (κ1) is 29.1. The number of hydrogen-bond donors (Lipinski definition) is 4. The smallest absolute Gasteiger partial charge is 0.336 e. The molecular weight excluding hydrogens is 440 g/mol. The van der Waals surface area contributed by atoms with Gasteiger partial charge in [-0.2, -0.15) is 0 Å². The maximum atomic E-state index is 12.2. The number of aromatic carboxylic acids is 4. The van der Waals surface area contributed by atoms with Crippen molar-refractivity contribution < 1.29 is 39.6 Å². The highest BCUT2D eigenvalue weighted by molar-refractivity contribution is 6.12. The normalized spacial score (nSPS) is 11.2. The third-order valence-electron chi connectivity index (χ3n) is 5.98. The molecular formula is C26H38O8. The Kier molecular flexibility index (Phi) is 11.8. The molecule has 0 radical (unpaired) electrons. The second-order valence-electron chi connectivity index (χ2n) is 9.66. The molecule has 0 unspecified atom stereocenters. The van der Waals surface area contributed by atoms with Crippen LogP contribution in [-0.2, 0) is 12.8 Å². The number of hydrogen-bond acceptors (Lipinski definition) is 4. The molecule has 0 saturated heterocycles. The molecule has 0 aromatic heterocycles. The fourth-order valence-corrected chi connectivity index (χ4v) is 4.36. The molecule has 0 aliphatic heterocycles. The van der Waals surface area contributed by atoms with Gasteiger partial charge in [-0.1, -0.05) is 66.2 Å². The van der Waals surface area contributed by atoms with Crippen molar-refractivity contribution in [3.05, 3.63) is 33.4 Å². The summed E-state index contributed by atoms with van der Waals surface area (Å²) in [6.07, 6.45) is 5.83. The molecule has 190 valence electrons. The van der Waals surface area contributed by atoms with Gasteiger partial charge in [-0.05, 0) is 48.6 Å². The van der Waals surface area contributed by atoms with E-state index in [2.05, 4.69) is 27.7 Å². The van der Waals surface area contributed by atoms with Gasteiger partial charge in [0.2, 0.25) is 0 Å². The molecule has 0 aliphatic carbocycles. The third kappa shape index (κ3) is 8.15. The summed E-state index contributed by atoms with van der Waals surface area (Å²) in [5.74, 6) is -5.27. The van der Waals surface area contributed by atoms with Gasteiger partial charge in [0.05, 0.1) is 22.3 Å². The number of unbranched alkanes of at least 4 members (excludes halogenated alkanes) is 4. The third-order valence-corrected chi connectivity index (χ3v) is 5.98. The Balaban J connectivity index is 3.58. The molecule has 1 aromatic rings. The van der Waals surface area contributed by atoms with Crippen LogP contribution in [0.1, 0.15) is 132 Å². The maximum absolute atomic E-state index is 12.2. The zero-order valence-corrected chi connectivity index (χ0v) is 20.6. The SMILES string of the molecule is CC(C)CCCCCc1c(C(=O)O)c(C(=O)O)c(CCCCCC(C)C)c(C(=O)O)c1C(=O)O. The minimum Gasteiger partial charge on any atom is -0.478 e. The number of benzene rings is 1. The molecule has 0 aliphatic rings. The Morgan fingerprint density at radius 2 is 0.765 bits per heavy atom. The zero-order valence-electron chi connectivity index (χ0n) is 20.6. The van der Waals surface area contributed by atoms with Crippen molar-refractivity contribution in [3.8, 4) is 0 Å². The van der Waals surface area contributed by atoms with E-state index in [4.69, 9.17) is 0 Å². The summed E-state index contributed by atoms with van der Waals surface area (Å²) < 4.78 is 0. The van der Waals surface area contributed by atoms with Crippen molar-refractivity contribution >= 4 is 23.9 Å². The maximum Gasteiger partial charge on any atom is 0.336 e. The predicted molar refractivity (Wildman–Crippen MR) is 128 cm³/mol. The molecule has 8 heteroatoms. The monoisotopic (exact) mass is 478 g/mol. The number of rotatable bonds is 16. The van der Waals surface area contributed by atoms with Crippen LogP contribution in [0.4, 0.5) is 0 Å². The van der Waals surface area contributed by atoms with E-state index in [1.54, 1.807) is 0 Å². The van der Waals surface area contributed by atoms with Gasteiger partial charge in [0.15, 0.2) is 0 Å². The van der Waals surface area contributed by atoms with Gasteiger partial charge in [-0.25, -0.2) is 19.2 Å². The van der Waals surface area contributed by atoms with Crippen molar-refractivity contribution in [2.45, 2.75) is 91.9 Å². The average Bonchev–Trinajstić information content (AvgIpc) is 2.71. The van der Waals surface area contributed by atoms with E-state index in [1.165, 1.54) is 0 Å². The van der Waals surface area contributed by atoms with Crippen molar-refractivity contribution in [2.75, 3.05) is 0 Å². The Morgan fingerprint density at radius 3 is 0.971 bits per heavy atom. The molecule has 1 rings (SSSR count). The van der Waals surface area contributed by atoms with E-state index < -0.39 is 46.1 Å². The summed E-state index contributed by atoms with van der Waals surface area (Å²) in [7, 11) is 0. The van der Waals surface area contributed by atoms with E-state index in [0.29, 0.717) is 37.5 Å². The Bertz CT molecular complexity index is 773. The first-order valence-electron chi connectivity index (χ1n) is 12.0. The molecule has 0 atom stereocenters. The van der Waals surface area contributed by atoms with Gasteiger partial charge < -0.3 is 20.4 Å². The molecule has 0 spiro atoms. The second-order valence-corrected chi connectivity index (χ2v) is 9.66. The van der Waals surface area contributed by atoms with Gasteiger partial charge in [-0.15, -0.1) is 0 Å². The van der Waals surface area contributed by atoms with E-state index in [1.807, 2.05) is 0 Å². The van der Waals surface area contributed by atoms with E-state index in [9.17, 15) is 39.6 Å². The lowest BCUT2D eigenvalue weighted by molar-refractivity contribution is 0.0632. The van der Waals surface area contributed by atoms with Crippen LogP contribution in [-0.4, -0.2) is 44.3 Å². The van der Waals surface area contributed by atoms with Crippen LogP contribution in [0.25, 0.3) is 0 Å². The Labute approximate surface area is 201 Å². The average molecular weight is 479 g/mol. The fraction of sp³-hybridized carbons (Fsp3) is 0.615. The van der Waals surface area contributed by atoms with Crippen LogP contribution in [0, 0.1) is 11.8 Å². The van der Waals surface area contributed by atoms with E-state index in [-0.39, 0.29) is 24.0 Å². The minimum absolute atomic E-state index is 0.0173. The Morgan fingerprint density at radius 1 is 0.500 bits per heavy atom. The molecule has 0 fully saturated rings. The molecule has 0 heterocycles. The topological polar surface area (TPSA) is 149 Å². The molecule has 8 nitrogen and oxygen atoms in total. The lowest BCUT2D eigenvalue weighted by Crippen LogP contribution is -2.24. The zero-order chi connectivity index (χ0) is 26.0. The summed E-state index contributed by atoms with van der Waals surface area (Å²) in [5, 5.41) is 39.6. The van der Waals surface area contributed by atoms with Crippen LogP contribution in [0.2, 0.25) is 0 Å². The predicted octanol–water partition coefficient (Wildman–Crippen LogP) is 6.00. The molecule has 0 bridgehead atoms. The lowest BCUT2D eigenvalue weighted by atomic mass is 9.82. The summed E-state index contributed by atoms with van der Waals surface area (Å²) >= 11 is 0. The van der Waals surface area contributed by atoms with Crippen molar-refractivity contribution in [1.82, 2.24) is 0 Å². The molecule has 34 heavy (non-hydrogen) atoms. The summed E-state index contributed by atoms with van der Waals surface area (Å²) in [6.45, 7) is 8.30. The Hall–Kier alpha value is -2.90. The largest absolute Gasteiger partial charge is 0.478 e. The van der Waals surface area contributed by atoms with Crippen LogP contribution >= 0.6 is 0 Å². The van der Waals surface area contributed by atoms with Gasteiger partial charge in [0.1, 0.15) is 0 Å². The molecule has 0 saturated carbocycles. The minimum atomic E-state index is -1.56. The van der Waals surface area contributed by atoms with Gasteiger partial charge in [0, 0.05) is 0 Å². The number of carboxylic acid groups (broad SMARTS) is 4. The molecule has 0 amide bonds. The van der Waals surface area contributed by atoms with Crippen LogP contribution in [0.3, 0.4) is 0 Å². The van der Waals surface area contributed by atoms with Crippen molar-refractivity contribution in [2.24, 2.45) is 11.8 Å². The second kappa shape index (κ2) is 13.7.